The Balaban J connectivity index is 0.00000393. The van der Waals surface area contributed by atoms with Gasteiger partial charge < -0.3 is 9.90 Å². The standard InChI is InChI=1S/C69H96N10O21S5Si3.4Na/c1-106(2,51-23-39-78(34-13-18-46-101(82,83)84,35-14-19-47-102(85,86)87)36-15-20-48-103(88,89)90)99-108(100-107(3,4)52-24-40-79(37-16-21-49-104(91,92)93,38-17-22-50-105(94,95)96)41-43-98-45-44-97-42-33-61(80)81)74-62-53-25-5-6-26-54(53)63(74)71-65-57-29-9-10-30-58(57)67(76(65)108)73-69-60-32-12-11-31-59(60)68(77(69)108)72-66-56-28-8-7-27-55(56)64(70-62)75(66)108;;;;/h5-12,25-32H,13-24,33-52H2,1-4H3,(H4-2,80,81,82,83,84,85,86,87,88,89,90,91,92,93,94,95,96);;;;/q;4*+1/p-4. The van der Waals surface area contributed by atoms with Crippen LogP contribution in [-0.4, -0.2) is 252 Å². The minimum Gasteiger partial charge on any atom is 1.00 e. The summed E-state index contributed by atoms with van der Waals surface area (Å²) in [5.74, 6) is -1.67. The molecule has 8 heterocycles. The summed E-state index contributed by atoms with van der Waals surface area (Å²) in [4.78, 5) is 34.5. The van der Waals surface area contributed by atoms with E-state index in [9.17, 15) is 83.0 Å². The molecular formula is C69H92N10Na4O21S5Si3. The van der Waals surface area contributed by atoms with E-state index in [-0.39, 0.29) is 244 Å². The number of aliphatic carboxylic acids is 1. The van der Waals surface area contributed by atoms with Gasteiger partial charge in [0.15, 0.2) is 0 Å². The number of quaternary nitrogens is 2. The van der Waals surface area contributed by atoms with Gasteiger partial charge in [-0.3, -0.25) is 0 Å². The molecule has 6 aliphatic rings. The fraction of sp³-hybridized carbons (Fsp3) is 0.522. The molecule has 0 fully saturated rings. The predicted molar refractivity (Wildman–Crippen MR) is 402 cm³/mol. The van der Waals surface area contributed by atoms with Crippen molar-refractivity contribution in [3.05, 3.63) is 130 Å². The summed E-state index contributed by atoms with van der Waals surface area (Å²) in [6, 6.07) is 32.3. The number of carbonyl (C=O) groups excluding carboxylic acids is 1. The largest absolute Gasteiger partial charge is 1.00 e. The van der Waals surface area contributed by atoms with Crippen molar-refractivity contribution in [2.45, 2.75) is 122 Å². The Hall–Kier alpha value is -2.33. The molecule has 0 unspecified atom stereocenters. The zero-order valence-corrected chi connectivity index (χ0v) is 80.0. The summed E-state index contributed by atoms with van der Waals surface area (Å²) in [5.41, 5.74) is 3.81. The molecular weight excluding hydrogens is 1640 g/mol. The molecule has 12 rings (SSSR count). The van der Waals surface area contributed by atoms with E-state index in [0.29, 0.717) is 104 Å². The van der Waals surface area contributed by atoms with Crippen LogP contribution in [0.5, 0.6) is 0 Å². The minimum atomic E-state index is -7.47. The first-order valence-corrected chi connectivity index (χ1v) is 53.4. The molecule has 31 nitrogen and oxygen atoms in total. The maximum atomic E-state index is 12.1. The Morgan fingerprint density at radius 1 is 0.402 bits per heavy atom. The van der Waals surface area contributed by atoms with E-state index in [2.05, 4.69) is 43.1 Å². The Morgan fingerprint density at radius 3 is 1.04 bits per heavy atom. The zero-order chi connectivity index (χ0) is 77.6. The van der Waals surface area contributed by atoms with Crippen molar-refractivity contribution in [1.82, 2.24) is 8.47 Å². The molecule has 0 radical (unpaired) electrons. The number of carboxylic acids is 1. The van der Waals surface area contributed by atoms with Crippen molar-refractivity contribution in [1.29, 1.82) is 0 Å². The first kappa shape index (κ1) is 95.1. The van der Waals surface area contributed by atoms with Gasteiger partial charge in [-0.1, -0.05) is 0 Å². The third kappa shape index (κ3) is 19.5. The van der Waals surface area contributed by atoms with E-state index >= 15 is 0 Å². The summed E-state index contributed by atoms with van der Waals surface area (Å²) in [6.07, 6.45) is 1.65. The topological polar surface area (TPSA) is 428 Å². The normalized spacial score (nSPS) is 16.8. The maximum absolute atomic E-state index is 12.1. The monoisotopic (exact) mass is 1730 g/mol. The van der Waals surface area contributed by atoms with Crippen LogP contribution in [0.3, 0.4) is 0 Å². The second kappa shape index (κ2) is 36.5. The number of carboxylic acid groups (broad SMARTS) is 1. The summed E-state index contributed by atoms with van der Waals surface area (Å²) < 4.78 is 221. The Kier molecular flexibility index (Phi) is 31.0. The Labute approximate surface area is 744 Å². The van der Waals surface area contributed by atoms with Crippen LogP contribution in [-0.2, 0) is 73.1 Å². The minimum absolute atomic E-state index is 0. The van der Waals surface area contributed by atoms with Crippen molar-refractivity contribution in [3.8, 4) is 0 Å². The number of unbranched alkanes of at least 4 members (excludes halogenated alkanes) is 5. The number of hydrogen-bond acceptors (Lipinski definition) is 25. The molecule has 2 aromatic heterocycles. The predicted octanol–water partition coefficient (Wildman–Crippen LogP) is -8.00. The number of benzene rings is 4. The van der Waals surface area contributed by atoms with Crippen LogP contribution in [0.1, 0.15) is 106 Å². The number of rotatable bonds is 46. The molecule has 43 heteroatoms. The van der Waals surface area contributed by atoms with Crippen LogP contribution in [0.25, 0.3) is 21.5 Å². The van der Waals surface area contributed by atoms with E-state index in [1.165, 1.54) is 0 Å². The van der Waals surface area contributed by atoms with E-state index in [1.807, 2.05) is 97.1 Å². The first-order valence-electron chi connectivity index (χ1n) is 36.7. The maximum Gasteiger partial charge on any atom is 1.00 e. The molecule has 590 valence electrons. The summed E-state index contributed by atoms with van der Waals surface area (Å²) in [6.45, 7) is 11.1. The average Bonchev–Trinajstić information content (AvgIpc) is 1.31. The number of aliphatic imine (C=N–C) groups is 2. The van der Waals surface area contributed by atoms with Crippen molar-refractivity contribution in [2.75, 3.05) is 108 Å². The molecule has 0 bridgehead atoms. The zero-order valence-electron chi connectivity index (χ0n) is 65.0. The molecule has 0 saturated heterocycles. The molecule has 6 aliphatic heterocycles. The van der Waals surface area contributed by atoms with Crippen LogP contribution >= 0.6 is 0 Å². The number of ether oxygens (including phenoxy) is 2. The fourth-order valence-electron chi connectivity index (χ4n) is 17.7. The molecule has 0 saturated carbocycles. The fourth-order valence-corrected chi connectivity index (χ4v) is 42.7. The van der Waals surface area contributed by atoms with Crippen molar-refractivity contribution < 1.29 is 228 Å². The molecule has 6 aromatic rings. The first-order chi connectivity index (χ1) is 50.8. The van der Waals surface area contributed by atoms with Crippen LogP contribution in [0.4, 0.5) is 11.6 Å². The van der Waals surface area contributed by atoms with Crippen LogP contribution in [0.15, 0.2) is 117 Å². The van der Waals surface area contributed by atoms with E-state index in [1.54, 1.807) is 0 Å². The van der Waals surface area contributed by atoms with Gasteiger partial charge in [0.1, 0.15) is 0 Å². The average molecular weight is 1730 g/mol. The van der Waals surface area contributed by atoms with Crippen molar-refractivity contribution >= 4 is 137 Å². The van der Waals surface area contributed by atoms with Gasteiger partial charge in [0, 0.05) is 12.4 Å². The van der Waals surface area contributed by atoms with Crippen molar-refractivity contribution in [2.24, 2.45) is 20.0 Å². The quantitative estimate of drug-likeness (QED) is 0.0148. The Morgan fingerprint density at radius 2 is 0.705 bits per heavy atom. The molecule has 0 aliphatic carbocycles. The summed E-state index contributed by atoms with van der Waals surface area (Å²) in [7, 11) is -38.2. The third-order valence-corrected chi connectivity index (χ3v) is 42.5. The molecule has 4 aromatic carbocycles. The number of hydrogen-bond donors (Lipinski definition) is 0. The van der Waals surface area contributed by atoms with Gasteiger partial charge in [-0.2, -0.15) is 0 Å². The Bertz CT molecular complexity index is 5170. The van der Waals surface area contributed by atoms with Gasteiger partial charge in [-0.25, -0.2) is 0 Å². The third-order valence-electron chi connectivity index (χ3n) is 21.8. The molecule has 1 spiro atoms. The molecule has 0 N–H and O–H groups in total. The van der Waals surface area contributed by atoms with Gasteiger partial charge >= 0.3 is 725 Å². The number of fused-ring (bicyclic) bond motifs is 12. The molecule has 0 atom stereocenters. The summed E-state index contributed by atoms with van der Waals surface area (Å²) in [5, 5.41) is 14.0. The smallest absolute Gasteiger partial charge is 1.00 e. The number of carbonyl (C=O) groups is 1. The molecule has 0 amide bonds. The van der Waals surface area contributed by atoms with Crippen molar-refractivity contribution in [3.63, 3.8) is 0 Å². The van der Waals surface area contributed by atoms with Gasteiger partial charge in [0.05, 0.1) is 6.61 Å². The SMILES string of the molecule is C[Si](C)(CCC[N+](CCCCS(=O)(=O)[O-])(CCCCS(=O)(=O)[O-])CCCCS(=O)(=O)[O-])O[Si-2]123(O[Si](C)(C)CCC[N+](CCCCS(=O)(=O)[O-])(CCCCS(=O)(=O)[O-])CCOCCOCCC(=O)[O-])n4c5c6ccccc6c4N=C4c6ccccc6C(=[N+]41)N=c1c4ccccc4c(n12)=NC1=[N+]3C(=N5)c2ccccc21.[Na+].[Na+].[Na+].[Na+]. The van der Waals surface area contributed by atoms with Gasteiger partial charge in [0.25, 0.3) is 0 Å². The van der Waals surface area contributed by atoms with E-state index in [4.69, 9.17) is 29.4 Å². The van der Waals surface area contributed by atoms with Crippen LogP contribution in [0.2, 0.25) is 38.3 Å². The number of amidine groups is 4. The van der Waals surface area contributed by atoms with Crippen LogP contribution < -0.4 is 134 Å². The second-order valence-corrected chi connectivity index (χ2v) is 52.5. The van der Waals surface area contributed by atoms with E-state index < -0.39 is 110 Å². The number of nitrogens with zero attached hydrogens (tertiary/aromatic N) is 10. The second-order valence-electron chi connectivity index (χ2n) is 30.6. The number of aromatic nitrogens is 2. The van der Waals surface area contributed by atoms with E-state index in [0.717, 1.165) is 43.8 Å². The van der Waals surface area contributed by atoms with Crippen LogP contribution in [0, 0.1) is 0 Å². The van der Waals surface area contributed by atoms with Gasteiger partial charge in [-0.05, 0) is 0 Å². The van der Waals surface area contributed by atoms with Gasteiger partial charge in [0.2, 0.25) is 0 Å². The molecule has 112 heavy (non-hydrogen) atoms. The summed E-state index contributed by atoms with van der Waals surface area (Å²) >= 11 is 0. The van der Waals surface area contributed by atoms with Gasteiger partial charge in [-0.15, -0.1) is 0 Å².